The molecule has 0 saturated heterocycles. The summed E-state index contributed by atoms with van der Waals surface area (Å²) in [6.45, 7) is 0. The summed E-state index contributed by atoms with van der Waals surface area (Å²) in [4.78, 5) is 21.6. The second-order valence-electron chi connectivity index (χ2n) is 5.96. The van der Waals surface area contributed by atoms with Gasteiger partial charge in [0.1, 0.15) is 11.3 Å². The number of nitrogens with zero attached hydrogens (tertiary/aromatic N) is 1. The molecule has 5 nitrogen and oxygen atoms in total. The maximum absolute atomic E-state index is 13.8. The largest absolute Gasteiger partial charge is 0.417 e. The molecule has 27 heavy (non-hydrogen) atoms. The number of primary amides is 1. The van der Waals surface area contributed by atoms with E-state index in [-0.39, 0.29) is 5.56 Å². The molecule has 0 radical (unpaired) electrons. The molecule has 0 aliphatic rings. The van der Waals surface area contributed by atoms with Crippen LogP contribution in [0.2, 0.25) is 0 Å². The summed E-state index contributed by atoms with van der Waals surface area (Å²) in [7, 11) is 0. The van der Waals surface area contributed by atoms with E-state index in [0.717, 1.165) is 0 Å². The van der Waals surface area contributed by atoms with Crippen molar-refractivity contribution in [1.29, 1.82) is 0 Å². The number of aromatic nitrogens is 3. The second kappa shape index (κ2) is 5.76. The maximum atomic E-state index is 13.8. The zero-order valence-electron chi connectivity index (χ0n) is 13.5. The molecule has 2 aromatic carbocycles. The Morgan fingerprint density at radius 3 is 2.59 bits per heavy atom. The minimum absolute atomic E-state index is 0.0872. The monoisotopic (exact) mass is 375 g/mol. The Morgan fingerprint density at radius 2 is 1.89 bits per heavy atom. The van der Waals surface area contributed by atoms with Gasteiger partial charge in [-0.3, -0.25) is 14.8 Å². The first-order valence-corrected chi connectivity index (χ1v) is 7.73. The van der Waals surface area contributed by atoms with Gasteiger partial charge in [0.05, 0.1) is 22.7 Å². The molecule has 0 aliphatic heterocycles. The van der Waals surface area contributed by atoms with E-state index in [2.05, 4.69) is 15.0 Å². The van der Waals surface area contributed by atoms with Crippen LogP contribution in [0.3, 0.4) is 0 Å². The normalized spacial score (nSPS) is 12.0. The van der Waals surface area contributed by atoms with Gasteiger partial charge in [0, 0.05) is 28.7 Å². The number of carbonyl (C=O) groups is 1. The fourth-order valence-electron chi connectivity index (χ4n) is 3.24. The molecule has 0 fully saturated rings. The van der Waals surface area contributed by atoms with E-state index in [1.54, 1.807) is 12.5 Å². The van der Waals surface area contributed by atoms with Crippen molar-refractivity contribution >= 4 is 27.6 Å². The number of nitrogens with one attached hydrogen (secondary N) is 2. The van der Waals surface area contributed by atoms with Crippen molar-refractivity contribution in [3.63, 3.8) is 0 Å². The molecule has 0 atom stereocenters. The van der Waals surface area contributed by atoms with Crippen LogP contribution in [0.1, 0.15) is 15.9 Å². The fourth-order valence-corrected chi connectivity index (χ4v) is 3.24. The minimum atomic E-state index is -4.89. The number of rotatable bonds is 2. The van der Waals surface area contributed by atoms with Crippen LogP contribution in [-0.2, 0) is 6.18 Å². The zero-order valence-corrected chi connectivity index (χ0v) is 13.5. The molecule has 0 bridgehead atoms. The zero-order chi connectivity index (χ0) is 19.3. The van der Waals surface area contributed by atoms with E-state index >= 15 is 0 Å². The average molecular weight is 375 g/mol. The Kier molecular flexibility index (Phi) is 3.62. The first kappa shape index (κ1) is 17.0. The Morgan fingerprint density at radius 1 is 1.15 bits per heavy atom. The maximum Gasteiger partial charge on any atom is 0.417 e. The molecule has 0 unspecified atom stereocenters. The van der Waals surface area contributed by atoms with Gasteiger partial charge in [-0.1, -0.05) is 0 Å². The molecule has 2 heterocycles. The van der Waals surface area contributed by atoms with Gasteiger partial charge in [-0.2, -0.15) is 13.2 Å². The van der Waals surface area contributed by atoms with Gasteiger partial charge in [0.2, 0.25) is 12.2 Å². The van der Waals surface area contributed by atoms with Crippen LogP contribution in [0.25, 0.3) is 32.8 Å². The standard InChI is InChI=1S/C18H10F4N4O/c19-9-2-11(17(23)27)15(14(3-9)18(20,21)22)10-1-8-4-25-7-26-16(8)13-6-24-5-12(10)13/h1-7H,(H2,23,27)(H,25,26)/p+1. The van der Waals surface area contributed by atoms with Gasteiger partial charge in [0.25, 0.3) is 0 Å². The molecular weight excluding hydrogens is 364 g/mol. The highest BCUT2D eigenvalue weighted by molar-refractivity contribution is 6.14. The number of aromatic amines is 2. The first-order valence-electron chi connectivity index (χ1n) is 7.73. The average Bonchev–Trinajstić information content (AvgIpc) is 3.09. The number of amides is 1. The predicted molar refractivity (Wildman–Crippen MR) is 89.1 cm³/mol. The predicted octanol–water partition coefficient (Wildman–Crippen LogP) is 3.45. The van der Waals surface area contributed by atoms with Crippen LogP contribution < -0.4 is 10.7 Å². The van der Waals surface area contributed by atoms with Gasteiger partial charge >= 0.3 is 6.18 Å². The van der Waals surface area contributed by atoms with E-state index in [1.165, 1.54) is 18.5 Å². The number of H-pyrrole nitrogens is 2. The number of nitrogens with two attached hydrogens (primary N) is 1. The lowest BCUT2D eigenvalue weighted by Gasteiger charge is -2.17. The van der Waals surface area contributed by atoms with Crippen LogP contribution >= 0.6 is 0 Å². The second-order valence-corrected chi connectivity index (χ2v) is 5.96. The summed E-state index contributed by atoms with van der Waals surface area (Å²) >= 11 is 0. The molecule has 4 aromatic rings. The SMILES string of the molecule is NC(=O)c1cc(F)cc(C(F)(F)F)c1-c1cc2c[nH+]c[nH]c2c2cncc12. The highest BCUT2D eigenvalue weighted by Gasteiger charge is 2.37. The van der Waals surface area contributed by atoms with E-state index in [0.29, 0.717) is 33.8 Å². The Hall–Kier alpha value is -3.49. The van der Waals surface area contributed by atoms with Crippen LogP contribution in [0.5, 0.6) is 0 Å². The molecule has 4 N–H and O–H groups in total. The Bertz CT molecular complexity index is 1210. The van der Waals surface area contributed by atoms with Crippen LogP contribution in [-0.4, -0.2) is 15.9 Å². The van der Waals surface area contributed by atoms with Crippen LogP contribution in [0.4, 0.5) is 17.6 Å². The number of hydrogen-bond acceptors (Lipinski definition) is 2. The topological polar surface area (TPSA) is 85.9 Å². The molecule has 2 aromatic heterocycles. The molecule has 1 amide bonds. The van der Waals surface area contributed by atoms with Crippen molar-refractivity contribution in [1.82, 2.24) is 9.97 Å². The lowest BCUT2D eigenvalue weighted by Crippen LogP contribution is -2.17. The van der Waals surface area contributed by atoms with Crippen molar-refractivity contribution in [2.45, 2.75) is 6.18 Å². The van der Waals surface area contributed by atoms with Crippen molar-refractivity contribution in [3.05, 3.63) is 60.1 Å². The summed E-state index contributed by atoms with van der Waals surface area (Å²) in [6, 6.07) is 2.54. The Balaban J connectivity index is 2.21. The quantitative estimate of drug-likeness (QED) is 0.526. The molecule has 0 spiro atoms. The van der Waals surface area contributed by atoms with Gasteiger partial charge in [0.15, 0.2) is 0 Å². The highest BCUT2D eigenvalue weighted by Crippen LogP contribution is 2.43. The molecule has 0 aliphatic carbocycles. The summed E-state index contributed by atoms with van der Waals surface area (Å²) in [5.74, 6) is -2.35. The Labute approximate surface area is 148 Å². The smallest absolute Gasteiger partial charge is 0.366 e. The third kappa shape index (κ3) is 2.67. The third-order valence-corrected chi connectivity index (χ3v) is 4.33. The first-order chi connectivity index (χ1) is 12.8. The van der Waals surface area contributed by atoms with Crippen LogP contribution in [0.15, 0.2) is 43.1 Å². The van der Waals surface area contributed by atoms with Crippen molar-refractivity contribution < 1.29 is 27.3 Å². The number of carbonyl (C=O) groups excluding carboxylic acids is 1. The van der Waals surface area contributed by atoms with Gasteiger partial charge in [-0.05, 0) is 23.8 Å². The van der Waals surface area contributed by atoms with Gasteiger partial charge < -0.3 is 5.73 Å². The number of hydrogen-bond donors (Lipinski definition) is 2. The molecular formula is C18H11F4N4O+. The lowest BCUT2D eigenvalue weighted by molar-refractivity contribution is -0.380. The highest BCUT2D eigenvalue weighted by atomic mass is 19.4. The fraction of sp³-hybridized carbons (Fsp3) is 0.0556. The number of alkyl halides is 3. The summed E-state index contributed by atoms with van der Waals surface area (Å²) in [6.07, 6.45) is 1.14. The van der Waals surface area contributed by atoms with E-state index in [4.69, 9.17) is 5.73 Å². The number of benzene rings is 2. The summed E-state index contributed by atoms with van der Waals surface area (Å²) < 4.78 is 54.7. The minimum Gasteiger partial charge on any atom is -0.366 e. The molecule has 4 rings (SSSR count). The molecule has 0 saturated carbocycles. The van der Waals surface area contributed by atoms with Crippen LogP contribution in [0, 0.1) is 5.82 Å². The summed E-state index contributed by atoms with van der Waals surface area (Å²) in [5, 5.41) is 1.50. The van der Waals surface area contributed by atoms with E-state index in [9.17, 15) is 22.4 Å². The van der Waals surface area contributed by atoms with Gasteiger partial charge in [-0.25, -0.2) is 9.37 Å². The molecule has 136 valence electrons. The third-order valence-electron chi connectivity index (χ3n) is 4.33. The van der Waals surface area contributed by atoms with E-state index in [1.807, 2.05) is 0 Å². The molecule has 9 heteroatoms. The van der Waals surface area contributed by atoms with Crippen molar-refractivity contribution in [3.8, 4) is 11.1 Å². The summed E-state index contributed by atoms with van der Waals surface area (Å²) in [5.41, 5.74) is 3.71. The lowest BCUT2D eigenvalue weighted by atomic mass is 9.90. The number of halogens is 4. The van der Waals surface area contributed by atoms with E-state index < -0.39 is 34.6 Å². The van der Waals surface area contributed by atoms with Crippen molar-refractivity contribution in [2.75, 3.05) is 0 Å². The number of fused-ring (bicyclic) bond motifs is 3. The van der Waals surface area contributed by atoms with Crippen molar-refractivity contribution in [2.24, 2.45) is 5.73 Å². The van der Waals surface area contributed by atoms with Gasteiger partial charge in [-0.15, -0.1) is 0 Å².